The molecular formula is C14H11FN6. The number of aromatic nitrogens is 5. The minimum atomic E-state index is -0.298. The highest BCUT2D eigenvalue weighted by molar-refractivity contribution is 5.68. The molecule has 0 aliphatic rings. The lowest BCUT2D eigenvalue weighted by atomic mass is 10.2. The maximum absolute atomic E-state index is 13.0. The van der Waals surface area contributed by atoms with E-state index in [1.807, 2.05) is 24.6 Å². The van der Waals surface area contributed by atoms with Crippen LogP contribution in [0.1, 0.15) is 11.4 Å². The highest BCUT2D eigenvalue weighted by Gasteiger charge is 2.20. The van der Waals surface area contributed by atoms with E-state index >= 15 is 0 Å². The van der Waals surface area contributed by atoms with Crippen molar-refractivity contribution in [1.29, 1.82) is 5.26 Å². The molecule has 1 N–H and O–H groups in total. The Kier molecular flexibility index (Phi) is 2.99. The van der Waals surface area contributed by atoms with Gasteiger partial charge < -0.3 is 4.57 Å². The number of nitrogens with one attached hydrogen (secondary N) is 1. The van der Waals surface area contributed by atoms with E-state index in [2.05, 4.69) is 20.4 Å². The highest BCUT2D eigenvalue weighted by atomic mass is 19.1. The van der Waals surface area contributed by atoms with Crippen molar-refractivity contribution in [2.24, 2.45) is 7.05 Å². The Balaban J connectivity index is 2.18. The van der Waals surface area contributed by atoms with E-state index in [1.165, 1.54) is 12.1 Å². The average Bonchev–Trinajstić information content (AvgIpc) is 3.04. The van der Waals surface area contributed by atoms with Crippen molar-refractivity contribution >= 4 is 0 Å². The number of aromatic amines is 1. The highest BCUT2D eigenvalue weighted by Crippen LogP contribution is 2.28. The molecule has 6 nitrogen and oxygen atoms in total. The molecule has 0 atom stereocenters. The van der Waals surface area contributed by atoms with Gasteiger partial charge in [-0.1, -0.05) is 0 Å². The Morgan fingerprint density at radius 1 is 1.24 bits per heavy atom. The Bertz CT molecular complexity index is 837. The average molecular weight is 282 g/mol. The predicted octanol–water partition coefficient (Wildman–Crippen LogP) is 2.19. The number of H-pyrrole nitrogens is 1. The number of rotatable bonds is 2. The minimum absolute atomic E-state index is 0.215. The summed E-state index contributed by atoms with van der Waals surface area (Å²) in [4.78, 5) is 4.49. The SMILES string of the molecule is Cc1nc(-c2ccc(F)cc2)n(C)c1-c1n[nH]nc1C#N. The van der Waals surface area contributed by atoms with Gasteiger partial charge in [0.05, 0.1) is 11.4 Å². The number of halogens is 1. The molecule has 0 amide bonds. The van der Waals surface area contributed by atoms with E-state index in [0.29, 0.717) is 17.2 Å². The summed E-state index contributed by atoms with van der Waals surface area (Å²) in [7, 11) is 1.82. The fourth-order valence-electron chi connectivity index (χ4n) is 2.30. The Morgan fingerprint density at radius 3 is 2.62 bits per heavy atom. The second-order valence-electron chi connectivity index (χ2n) is 4.57. The summed E-state index contributed by atoms with van der Waals surface area (Å²) >= 11 is 0. The summed E-state index contributed by atoms with van der Waals surface area (Å²) in [6.07, 6.45) is 0. The molecule has 2 aromatic heterocycles. The molecule has 1 aromatic carbocycles. The van der Waals surface area contributed by atoms with Gasteiger partial charge in [-0.25, -0.2) is 9.37 Å². The third-order valence-corrected chi connectivity index (χ3v) is 3.25. The van der Waals surface area contributed by atoms with Gasteiger partial charge in [-0.05, 0) is 31.2 Å². The number of benzene rings is 1. The van der Waals surface area contributed by atoms with E-state index in [0.717, 1.165) is 11.3 Å². The van der Waals surface area contributed by atoms with Gasteiger partial charge in [0.25, 0.3) is 0 Å². The molecule has 0 saturated carbocycles. The zero-order valence-corrected chi connectivity index (χ0v) is 11.4. The predicted molar refractivity (Wildman–Crippen MR) is 73.4 cm³/mol. The Labute approximate surface area is 119 Å². The van der Waals surface area contributed by atoms with Gasteiger partial charge >= 0.3 is 0 Å². The molecule has 21 heavy (non-hydrogen) atoms. The summed E-state index contributed by atoms with van der Waals surface area (Å²) in [5, 5.41) is 19.3. The molecule has 0 aliphatic carbocycles. The normalized spacial score (nSPS) is 10.6. The van der Waals surface area contributed by atoms with Crippen LogP contribution in [0.5, 0.6) is 0 Å². The number of hydrogen-bond acceptors (Lipinski definition) is 4. The number of nitrogens with zero attached hydrogens (tertiary/aromatic N) is 5. The molecule has 104 valence electrons. The first-order valence-corrected chi connectivity index (χ1v) is 6.22. The summed E-state index contributed by atoms with van der Waals surface area (Å²) < 4.78 is 14.8. The van der Waals surface area contributed by atoms with Crippen molar-refractivity contribution in [3.05, 3.63) is 41.5 Å². The Morgan fingerprint density at radius 2 is 1.95 bits per heavy atom. The fourth-order valence-corrected chi connectivity index (χ4v) is 2.30. The molecular weight excluding hydrogens is 271 g/mol. The molecule has 3 rings (SSSR count). The van der Waals surface area contributed by atoms with Crippen molar-refractivity contribution in [3.8, 4) is 28.8 Å². The van der Waals surface area contributed by atoms with E-state index in [1.54, 1.807) is 12.1 Å². The smallest absolute Gasteiger partial charge is 0.192 e. The molecule has 7 heteroatoms. The third-order valence-electron chi connectivity index (χ3n) is 3.25. The van der Waals surface area contributed by atoms with Crippen LogP contribution in [0.25, 0.3) is 22.8 Å². The Hall–Kier alpha value is -3.01. The molecule has 2 heterocycles. The number of nitriles is 1. The lowest BCUT2D eigenvalue weighted by Gasteiger charge is -2.04. The van der Waals surface area contributed by atoms with Crippen molar-refractivity contribution in [1.82, 2.24) is 25.0 Å². The van der Waals surface area contributed by atoms with E-state index in [4.69, 9.17) is 5.26 Å². The van der Waals surface area contributed by atoms with Crippen LogP contribution in [0, 0.1) is 24.1 Å². The molecule has 3 aromatic rings. The molecule has 0 spiro atoms. The number of aryl methyl sites for hydroxylation is 1. The first-order chi connectivity index (χ1) is 10.1. The minimum Gasteiger partial charge on any atom is -0.325 e. The summed E-state index contributed by atoms with van der Waals surface area (Å²) in [5.41, 5.74) is 2.89. The number of hydrogen-bond donors (Lipinski definition) is 1. The molecule has 0 unspecified atom stereocenters. The van der Waals surface area contributed by atoms with Crippen molar-refractivity contribution < 1.29 is 4.39 Å². The van der Waals surface area contributed by atoms with Crippen molar-refractivity contribution in [2.45, 2.75) is 6.92 Å². The lowest BCUT2D eigenvalue weighted by Crippen LogP contribution is -1.97. The van der Waals surface area contributed by atoms with Gasteiger partial charge in [-0.3, -0.25) is 0 Å². The maximum atomic E-state index is 13.0. The fraction of sp³-hybridized carbons (Fsp3) is 0.143. The standard InChI is InChI=1S/C14H11FN6/c1-8-13(12-11(7-16)18-20-19-12)21(2)14(17-8)9-3-5-10(15)6-4-9/h3-6H,1-2H3,(H,18,19,20). The van der Waals surface area contributed by atoms with Crippen LogP contribution >= 0.6 is 0 Å². The summed E-state index contributed by atoms with van der Waals surface area (Å²) in [6.45, 7) is 1.83. The van der Waals surface area contributed by atoms with Crippen LogP contribution in [0.15, 0.2) is 24.3 Å². The molecule has 0 saturated heterocycles. The summed E-state index contributed by atoms with van der Waals surface area (Å²) in [6, 6.07) is 8.08. The monoisotopic (exact) mass is 282 g/mol. The topological polar surface area (TPSA) is 83.2 Å². The number of imidazole rings is 1. The molecule has 0 aliphatic heterocycles. The molecule has 0 radical (unpaired) electrons. The van der Waals surface area contributed by atoms with Gasteiger partial charge in [0.1, 0.15) is 23.4 Å². The first kappa shape index (κ1) is 13.0. The van der Waals surface area contributed by atoms with Crippen LogP contribution in [0.2, 0.25) is 0 Å². The van der Waals surface area contributed by atoms with Crippen LogP contribution in [-0.2, 0) is 7.05 Å². The van der Waals surface area contributed by atoms with Crippen LogP contribution in [0.4, 0.5) is 4.39 Å². The largest absolute Gasteiger partial charge is 0.325 e. The lowest BCUT2D eigenvalue weighted by molar-refractivity contribution is 0.628. The zero-order chi connectivity index (χ0) is 15.0. The third kappa shape index (κ3) is 2.07. The van der Waals surface area contributed by atoms with Crippen molar-refractivity contribution in [2.75, 3.05) is 0 Å². The molecule has 0 fully saturated rings. The van der Waals surface area contributed by atoms with Crippen LogP contribution in [-0.4, -0.2) is 25.0 Å². The quantitative estimate of drug-likeness (QED) is 0.781. The van der Waals surface area contributed by atoms with Crippen LogP contribution in [0.3, 0.4) is 0 Å². The van der Waals surface area contributed by atoms with E-state index in [-0.39, 0.29) is 11.5 Å². The van der Waals surface area contributed by atoms with E-state index < -0.39 is 0 Å². The van der Waals surface area contributed by atoms with Gasteiger partial charge in [0, 0.05) is 12.6 Å². The van der Waals surface area contributed by atoms with Gasteiger partial charge in [-0.2, -0.15) is 15.6 Å². The van der Waals surface area contributed by atoms with Crippen molar-refractivity contribution in [3.63, 3.8) is 0 Å². The van der Waals surface area contributed by atoms with Gasteiger partial charge in [0.15, 0.2) is 5.69 Å². The van der Waals surface area contributed by atoms with Gasteiger partial charge in [-0.15, -0.1) is 5.10 Å². The molecule has 0 bridgehead atoms. The second kappa shape index (κ2) is 4.83. The maximum Gasteiger partial charge on any atom is 0.192 e. The van der Waals surface area contributed by atoms with Gasteiger partial charge in [0.2, 0.25) is 0 Å². The first-order valence-electron chi connectivity index (χ1n) is 6.22. The zero-order valence-electron chi connectivity index (χ0n) is 11.4. The van der Waals surface area contributed by atoms with E-state index in [9.17, 15) is 4.39 Å². The summed E-state index contributed by atoms with van der Waals surface area (Å²) in [5.74, 6) is 0.377. The second-order valence-corrected chi connectivity index (χ2v) is 4.57. The van der Waals surface area contributed by atoms with Crippen LogP contribution < -0.4 is 0 Å².